The third-order valence-electron chi connectivity index (χ3n) is 7.45. The molecule has 1 aliphatic rings. The highest BCUT2D eigenvalue weighted by Crippen LogP contribution is 2.27. The van der Waals surface area contributed by atoms with Crippen molar-refractivity contribution in [2.75, 3.05) is 18.0 Å². The van der Waals surface area contributed by atoms with Crippen LogP contribution in [0.15, 0.2) is 72.8 Å². The first-order valence-electron chi connectivity index (χ1n) is 13.7. The molecule has 2 amide bonds. The maximum Gasteiger partial charge on any atom is 0.246 e. The van der Waals surface area contributed by atoms with Crippen molar-refractivity contribution in [2.24, 2.45) is 0 Å². The largest absolute Gasteiger partial charge is 0.356 e. The number of aryl methyl sites for hydroxylation is 3. The Morgan fingerprint density at radius 1 is 0.921 bits per heavy atom. The lowest BCUT2D eigenvalue weighted by Gasteiger charge is -2.29. The van der Waals surface area contributed by atoms with E-state index >= 15 is 0 Å². The summed E-state index contributed by atoms with van der Waals surface area (Å²) in [4.78, 5) is 32.6. The second-order valence-electron chi connectivity index (χ2n) is 10.1. The molecule has 0 atom stereocenters. The van der Waals surface area contributed by atoms with Gasteiger partial charge < -0.3 is 14.8 Å². The van der Waals surface area contributed by atoms with Gasteiger partial charge in [0.25, 0.3) is 0 Å². The van der Waals surface area contributed by atoms with Gasteiger partial charge in [0, 0.05) is 25.2 Å². The molecule has 0 bridgehead atoms. The molecule has 0 saturated carbocycles. The van der Waals surface area contributed by atoms with E-state index < -0.39 is 0 Å². The third kappa shape index (κ3) is 5.96. The van der Waals surface area contributed by atoms with Crippen LogP contribution in [0.2, 0.25) is 0 Å². The first kappa shape index (κ1) is 25.7. The summed E-state index contributed by atoms with van der Waals surface area (Å²) in [6.07, 6.45) is 6.09. The number of hydrogen-bond acceptors (Lipinski definition) is 3. The summed E-state index contributed by atoms with van der Waals surface area (Å²) in [5.41, 5.74) is 6.44. The van der Waals surface area contributed by atoms with Gasteiger partial charge in [-0.25, -0.2) is 4.98 Å². The normalized spacial score (nSPS) is 12.9. The Morgan fingerprint density at radius 3 is 2.61 bits per heavy atom. The number of fused-ring (bicyclic) bond motifs is 2. The number of hydrogen-bond donors (Lipinski definition) is 1. The molecule has 0 aliphatic carbocycles. The van der Waals surface area contributed by atoms with Gasteiger partial charge in [-0.1, -0.05) is 61.0 Å². The fraction of sp³-hybridized carbons (Fsp3) is 0.344. The predicted octanol–water partition coefficient (Wildman–Crippen LogP) is 5.40. The predicted molar refractivity (Wildman–Crippen MR) is 152 cm³/mol. The number of anilines is 1. The monoisotopic (exact) mass is 508 g/mol. The highest BCUT2D eigenvalue weighted by atomic mass is 16.2. The van der Waals surface area contributed by atoms with Crippen LogP contribution in [-0.4, -0.2) is 34.5 Å². The van der Waals surface area contributed by atoms with Crippen molar-refractivity contribution in [1.29, 1.82) is 0 Å². The average molecular weight is 509 g/mol. The number of imidazole rings is 1. The van der Waals surface area contributed by atoms with Gasteiger partial charge in [0.05, 0.1) is 17.5 Å². The van der Waals surface area contributed by atoms with Crippen LogP contribution in [0.3, 0.4) is 0 Å². The Balaban J connectivity index is 1.16. The number of para-hydroxylation sites is 3. The topological polar surface area (TPSA) is 67.2 Å². The molecule has 0 fully saturated rings. The van der Waals surface area contributed by atoms with E-state index in [9.17, 15) is 9.59 Å². The Kier molecular flexibility index (Phi) is 8.17. The molecule has 4 aromatic rings. The van der Waals surface area contributed by atoms with Crippen LogP contribution in [0, 0.1) is 6.92 Å². The lowest BCUT2D eigenvalue weighted by molar-refractivity contribution is -0.120. The van der Waals surface area contributed by atoms with Crippen LogP contribution < -0.4 is 10.2 Å². The lowest BCUT2D eigenvalue weighted by Crippen LogP contribution is -2.38. The number of rotatable bonds is 10. The first-order chi connectivity index (χ1) is 18.6. The first-order valence-corrected chi connectivity index (χ1v) is 13.7. The third-order valence-corrected chi connectivity index (χ3v) is 7.45. The average Bonchev–Trinajstić information content (AvgIpc) is 3.28. The number of nitrogens with one attached hydrogen (secondary N) is 1. The number of carbonyl (C=O) groups excluding carboxylic acids is 2. The fourth-order valence-corrected chi connectivity index (χ4v) is 5.36. The Hall–Kier alpha value is -3.93. The summed E-state index contributed by atoms with van der Waals surface area (Å²) in [7, 11) is 0. The van der Waals surface area contributed by atoms with E-state index in [1.54, 1.807) is 0 Å². The summed E-state index contributed by atoms with van der Waals surface area (Å²) in [6.45, 7) is 3.76. The molecule has 1 aliphatic heterocycles. The molecule has 0 spiro atoms. The van der Waals surface area contributed by atoms with E-state index in [4.69, 9.17) is 4.98 Å². The van der Waals surface area contributed by atoms with Crippen molar-refractivity contribution < 1.29 is 9.59 Å². The molecular weight excluding hydrogens is 472 g/mol. The van der Waals surface area contributed by atoms with E-state index in [1.807, 2.05) is 72.5 Å². The van der Waals surface area contributed by atoms with Crippen molar-refractivity contribution in [1.82, 2.24) is 14.9 Å². The molecular formula is C32H36N4O2. The number of unbranched alkanes of at least 4 members (excludes halogenated alkanes) is 2. The van der Waals surface area contributed by atoms with Crippen LogP contribution >= 0.6 is 0 Å². The van der Waals surface area contributed by atoms with E-state index in [-0.39, 0.29) is 11.8 Å². The van der Waals surface area contributed by atoms with Crippen molar-refractivity contribution in [3.05, 3.63) is 95.3 Å². The van der Waals surface area contributed by atoms with Crippen LogP contribution in [0.1, 0.15) is 48.2 Å². The van der Waals surface area contributed by atoms with Crippen molar-refractivity contribution >= 4 is 28.5 Å². The summed E-state index contributed by atoms with van der Waals surface area (Å²) in [5.74, 6) is 1.13. The summed E-state index contributed by atoms with van der Waals surface area (Å²) >= 11 is 0. The van der Waals surface area contributed by atoms with Crippen LogP contribution in [0.25, 0.3) is 11.0 Å². The van der Waals surface area contributed by atoms with Gasteiger partial charge in [-0.3, -0.25) is 9.59 Å². The Bertz CT molecular complexity index is 1420. The van der Waals surface area contributed by atoms with Crippen molar-refractivity contribution in [3.8, 4) is 0 Å². The number of carbonyl (C=O) groups is 2. The van der Waals surface area contributed by atoms with Gasteiger partial charge in [-0.05, 0) is 67.5 Å². The zero-order valence-corrected chi connectivity index (χ0v) is 22.2. The quantitative estimate of drug-likeness (QED) is 0.292. The molecule has 0 unspecified atom stereocenters. The minimum atomic E-state index is 0.0684. The molecule has 6 heteroatoms. The van der Waals surface area contributed by atoms with Crippen LogP contribution in [0.4, 0.5) is 5.69 Å². The van der Waals surface area contributed by atoms with E-state index in [1.165, 1.54) is 5.56 Å². The van der Waals surface area contributed by atoms with Gasteiger partial charge in [0.15, 0.2) is 0 Å². The Morgan fingerprint density at radius 2 is 1.71 bits per heavy atom. The maximum atomic E-state index is 13.5. The van der Waals surface area contributed by atoms with E-state index in [2.05, 4.69) is 22.0 Å². The number of benzene rings is 3. The van der Waals surface area contributed by atoms with Gasteiger partial charge in [0.1, 0.15) is 12.4 Å². The summed E-state index contributed by atoms with van der Waals surface area (Å²) < 4.78 is 2.10. The van der Waals surface area contributed by atoms with Gasteiger partial charge >= 0.3 is 0 Å². The second-order valence-corrected chi connectivity index (χ2v) is 10.1. The molecule has 5 rings (SSSR count). The number of amides is 2. The highest BCUT2D eigenvalue weighted by Gasteiger charge is 2.23. The maximum absolute atomic E-state index is 13.5. The molecule has 0 saturated heterocycles. The summed E-state index contributed by atoms with van der Waals surface area (Å²) in [5, 5.41) is 3.05. The highest BCUT2D eigenvalue weighted by molar-refractivity contribution is 5.95. The molecule has 1 N–H and O–H groups in total. The van der Waals surface area contributed by atoms with Crippen molar-refractivity contribution in [3.63, 3.8) is 0 Å². The smallest absolute Gasteiger partial charge is 0.246 e. The SMILES string of the molecule is Cc1ccccc1CC(=O)NCCCCCc1nc2ccccc2n1CC(=O)N1CCCc2ccccc21. The number of nitrogens with zero attached hydrogens (tertiary/aromatic N) is 3. The zero-order valence-electron chi connectivity index (χ0n) is 22.2. The molecule has 0 radical (unpaired) electrons. The van der Waals surface area contributed by atoms with Crippen molar-refractivity contribution in [2.45, 2.75) is 58.4 Å². The zero-order chi connectivity index (χ0) is 26.3. The van der Waals surface area contributed by atoms with E-state index in [0.717, 1.165) is 78.7 Å². The van der Waals surface area contributed by atoms with Gasteiger partial charge in [-0.2, -0.15) is 0 Å². The molecule has 196 valence electrons. The lowest BCUT2D eigenvalue weighted by atomic mass is 10.0. The van der Waals surface area contributed by atoms with Gasteiger partial charge in [0.2, 0.25) is 11.8 Å². The summed E-state index contributed by atoms with van der Waals surface area (Å²) in [6, 6.07) is 24.3. The molecule has 3 aromatic carbocycles. The van der Waals surface area contributed by atoms with Crippen LogP contribution in [0.5, 0.6) is 0 Å². The van der Waals surface area contributed by atoms with Gasteiger partial charge in [-0.15, -0.1) is 0 Å². The second kappa shape index (κ2) is 12.1. The molecule has 6 nitrogen and oxygen atoms in total. The minimum Gasteiger partial charge on any atom is -0.356 e. The molecule has 38 heavy (non-hydrogen) atoms. The minimum absolute atomic E-state index is 0.0684. The van der Waals surface area contributed by atoms with E-state index in [0.29, 0.717) is 19.5 Å². The standard InChI is InChI=1S/C32H36N4O2/c1-24-12-4-5-14-26(24)22-31(37)33-20-10-2-3-19-30-34-27-16-7-9-18-29(27)36(30)23-32(38)35-21-11-15-25-13-6-8-17-28(25)35/h4-9,12-14,16-18H,2-3,10-11,15,19-23H2,1H3,(H,33,37). The van der Waals surface area contributed by atoms with Crippen LogP contribution in [-0.2, 0) is 35.4 Å². The molecule has 2 heterocycles. The fourth-order valence-electron chi connectivity index (χ4n) is 5.36. The Labute approximate surface area is 224 Å². The molecule has 1 aromatic heterocycles. The number of aromatic nitrogens is 2.